The normalized spacial score (nSPS) is 11.6. The first-order valence-corrected chi connectivity index (χ1v) is 6.12. The summed E-state index contributed by atoms with van der Waals surface area (Å²) in [6.45, 7) is 7.66. The van der Waals surface area contributed by atoms with Gasteiger partial charge in [-0.2, -0.15) is 0 Å². The van der Waals surface area contributed by atoms with Crippen LogP contribution in [-0.4, -0.2) is 34.6 Å². The fourth-order valence-corrected chi connectivity index (χ4v) is 1.38. The van der Waals surface area contributed by atoms with Gasteiger partial charge in [0, 0.05) is 13.0 Å². The standard InChI is InChI=1S/C12H22N4O2/c1-12(2,3)16-9-10(14-15-16)8-13-7-5-6-11(17)18-4/h9,13H,5-8H2,1-4H3. The van der Waals surface area contributed by atoms with Gasteiger partial charge in [-0.1, -0.05) is 5.21 Å². The third-order valence-electron chi connectivity index (χ3n) is 2.50. The number of hydrogen-bond donors (Lipinski definition) is 1. The zero-order chi connectivity index (χ0) is 13.6. The molecule has 0 aliphatic heterocycles. The van der Waals surface area contributed by atoms with E-state index in [0.717, 1.165) is 18.7 Å². The summed E-state index contributed by atoms with van der Waals surface area (Å²) in [5.41, 5.74) is 0.860. The lowest BCUT2D eigenvalue weighted by atomic mass is 10.1. The molecular weight excluding hydrogens is 232 g/mol. The quantitative estimate of drug-likeness (QED) is 0.607. The maximum Gasteiger partial charge on any atom is 0.305 e. The Kier molecular flexibility index (Phi) is 5.27. The summed E-state index contributed by atoms with van der Waals surface area (Å²) in [4.78, 5) is 10.9. The minimum atomic E-state index is -0.171. The highest BCUT2D eigenvalue weighted by atomic mass is 16.5. The van der Waals surface area contributed by atoms with Gasteiger partial charge in [-0.15, -0.1) is 5.10 Å². The Labute approximate surface area is 108 Å². The van der Waals surface area contributed by atoms with Crippen molar-refractivity contribution in [2.24, 2.45) is 0 Å². The van der Waals surface area contributed by atoms with Gasteiger partial charge in [-0.25, -0.2) is 4.68 Å². The Morgan fingerprint density at radius 3 is 2.78 bits per heavy atom. The molecule has 0 spiro atoms. The molecular formula is C12H22N4O2. The van der Waals surface area contributed by atoms with Crippen LogP contribution in [0, 0.1) is 0 Å². The summed E-state index contributed by atoms with van der Waals surface area (Å²) in [7, 11) is 1.40. The van der Waals surface area contributed by atoms with Crippen molar-refractivity contribution in [2.75, 3.05) is 13.7 Å². The van der Waals surface area contributed by atoms with Crippen LogP contribution in [0.4, 0.5) is 0 Å². The number of carbonyl (C=O) groups excluding carboxylic acids is 1. The average Bonchev–Trinajstić information content (AvgIpc) is 2.76. The van der Waals surface area contributed by atoms with E-state index < -0.39 is 0 Å². The van der Waals surface area contributed by atoms with Crippen molar-refractivity contribution in [3.05, 3.63) is 11.9 Å². The molecule has 1 N–H and O–H groups in total. The number of ether oxygens (including phenoxy) is 1. The van der Waals surface area contributed by atoms with Gasteiger partial charge < -0.3 is 10.1 Å². The van der Waals surface area contributed by atoms with Gasteiger partial charge in [0.25, 0.3) is 0 Å². The van der Waals surface area contributed by atoms with E-state index in [1.165, 1.54) is 7.11 Å². The molecule has 0 bridgehead atoms. The van der Waals surface area contributed by atoms with Crippen LogP contribution >= 0.6 is 0 Å². The number of nitrogens with zero attached hydrogens (tertiary/aromatic N) is 3. The second kappa shape index (κ2) is 6.49. The van der Waals surface area contributed by atoms with Crippen LogP contribution in [-0.2, 0) is 21.6 Å². The Morgan fingerprint density at radius 2 is 2.22 bits per heavy atom. The first-order valence-electron chi connectivity index (χ1n) is 6.12. The van der Waals surface area contributed by atoms with E-state index >= 15 is 0 Å². The minimum Gasteiger partial charge on any atom is -0.469 e. The second-order valence-corrected chi connectivity index (χ2v) is 5.18. The summed E-state index contributed by atoms with van der Waals surface area (Å²) in [6, 6.07) is 0. The SMILES string of the molecule is COC(=O)CCCNCc1cn(C(C)(C)C)nn1. The van der Waals surface area contributed by atoms with Gasteiger partial charge in [0.05, 0.1) is 24.5 Å². The maximum atomic E-state index is 10.9. The van der Waals surface area contributed by atoms with Gasteiger partial charge in [0.15, 0.2) is 0 Å². The van der Waals surface area contributed by atoms with Crippen LogP contribution in [0.3, 0.4) is 0 Å². The molecule has 0 unspecified atom stereocenters. The molecule has 0 amide bonds. The third-order valence-corrected chi connectivity index (χ3v) is 2.50. The van der Waals surface area contributed by atoms with E-state index in [-0.39, 0.29) is 11.5 Å². The monoisotopic (exact) mass is 254 g/mol. The Hall–Kier alpha value is -1.43. The third kappa shape index (κ3) is 4.83. The number of methoxy groups -OCH3 is 1. The van der Waals surface area contributed by atoms with Crippen molar-refractivity contribution >= 4 is 5.97 Å². The van der Waals surface area contributed by atoms with E-state index in [4.69, 9.17) is 0 Å². The highest BCUT2D eigenvalue weighted by Gasteiger charge is 2.14. The van der Waals surface area contributed by atoms with Crippen LogP contribution in [0.5, 0.6) is 0 Å². The van der Waals surface area contributed by atoms with Crippen LogP contribution in [0.2, 0.25) is 0 Å². The summed E-state index contributed by atoms with van der Waals surface area (Å²) >= 11 is 0. The summed E-state index contributed by atoms with van der Waals surface area (Å²) < 4.78 is 6.41. The molecule has 0 saturated carbocycles. The van der Waals surface area contributed by atoms with Crippen LogP contribution in [0.25, 0.3) is 0 Å². The fraction of sp³-hybridized carbons (Fsp3) is 0.750. The van der Waals surface area contributed by atoms with Crippen LogP contribution in [0.15, 0.2) is 6.20 Å². The predicted molar refractivity (Wildman–Crippen MR) is 68.0 cm³/mol. The minimum absolute atomic E-state index is 0.0455. The molecule has 6 heteroatoms. The lowest BCUT2D eigenvalue weighted by molar-refractivity contribution is -0.140. The smallest absolute Gasteiger partial charge is 0.305 e. The molecule has 6 nitrogen and oxygen atoms in total. The lowest BCUT2D eigenvalue weighted by Gasteiger charge is -2.17. The van der Waals surface area contributed by atoms with Crippen molar-refractivity contribution < 1.29 is 9.53 Å². The highest BCUT2D eigenvalue weighted by Crippen LogP contribution is 2.11. The van der Waals surface area contributed by atoms with Crippen LogP contribution < -0.4 is 5.32 Å². The molecule has 1 heterocycles. The molecule has 1 aromatic heterocycles. The van der Waals surface area contributed by atoms with Gasteiger partial charge in [0.2, 0.25) is 0 Å². The van der Waals surface area contributed by atoms with Crippen LogP contribution in [0.1, 0.15) is 39.3 Å². The van der Waals surface area contributed by atoms with Crippen molar-refractivity contribution in [2.45, 2.75) is 45.7 Å². The van der Waals surface area contributed by atoms with Crippen molar-refractivity contribution in [1.29, 1.82) is 0 Å². The van der Waals surface area contributed by atoms with Gasteiger partial charge >= 0.3 is 5.97 Å². The molecule has 0 aromatic carbocycles. The number of rotatable bonds is 6. The number of aromatic nitrogens is 3. The van der Waals surface area contributed by atoms with E-state index in [9.17, 15) is 4.79 Å². The van der Waals surface area contributed by atoms with E-state index in [1.54, 1.807) is 0 Å². The summed E-state index contributed by atoms with van der Waals surface area (Å²) in [5, 5.41) is 11.4. The number of nitrogens with one attached hydrogen (secondary N) is 1. The zero-order valence-corrected chi connectivity index (χ0v) is 11.6. The van der Waals surface area contributed by atoms with E-state index in [1.807, 2.05) is 10.9 Å². The highest BCUT2D eigenvalue weighted by molar-refractivity contribution is 5.69. The molecule has 0 aliphatic rings. The Bertz CT molecular complexity index is 382. The Morgan fingerprint density at radius 1 is 1.50 bits per heavy atom. The maximum absolute atomic E-state index is 10.9. The molecule has 1 rings (SSSR count). The van der Waals surface area contributed by atoms with Crippen molar-refractivity contribution in [3.63, 3.8) is 0 Å². The largest absolute Gasteiger partial charge is 0.469 e. The van der Waals surface area contributed by atoms with Crippen molar-refractivity contribution in [1.82, 2.24) is 20.3 Å². The molecule has 0 aliphatic carbocycles. The molecule has 0 radical (unpaired) electrons. The molecule has 0 fully saturated rings. The van der Waals surface area contributed by atoms with Gasteiger partial charge in [0.1, 0.15) is 0 Å². The molecule has 18 heavy (non-hydrogen) atoms. The average molecular weight is 254 g/mol. The predicted octanol–water partition coefficient (Wildman–Crippen LogP) is 1.08. The summed E-state index contributed by atoms with van der Waals surface area (Å²) in [6.07, 6.45) is 3.14. The number of hydrogen-bond acceptors (Lipinski definition) is 5. The van der Waals surface area contributed by atoms with Gasteiger partial charge in [-0.05, 0) is 33.7 Å². The first-order chi connectivity index (χ1) is 8.43. The van der Waals surface area contributed by atoms with E-state index in [2.05, 4.69) is 41.1 Å². The molecule has 102 valence electrons. The summed E-state index contributed by atoms with van der Waals surface area (Å²) in [5.74, 6) is -0.171. The number of esters is 1. The molecule has 1 aromatic rings. The molecule has 0 saturated heterocycles. The topological polar surface area (TPSA) is 69.0 Å². The molecule has 0 atom stereocenters. The fourth-order valence-electron chi connectivity index (χ4n) is 1.38. The van der Waals surface area contributed by atoms with E-state index in [0.29, 0.717) is 13.0 Å². The number of carbonyl (C=O) groups is 1. The van der Waals surface area contributed by atoms with Crippen molar-refractivity contribution in [3.8, 4) is 0 Å². The first kappa shape index (κ1) is 14.6. The van der Waals surface area contributed by atoms with Gasteiger partial charge in [-0.3, -0.25) is 4.79 Å². The second-order valence-electron chi connectivity index (χ2n) is 5.18. The lowest BCUT2D eigenvalue weighted by Crippen LogP contribution is -2.22. The Balaban J connectivity index is 2.24. The zero-order valence-electron chi connectivity index (χ0n) is 11.6.